The van der Waals surface area contributed by atoms with Crippen molar-refractivity contribution in [2.75, 3.05) is 41.3 Å². The van der Waals surface area contributed by atoms with Gasteiger partial charge in [0.25, 0.3) is 0 Å². The van der Waals surface area contributed by atoms with Gasteiger partial charge in [0.2, 0.25) is 11.9 Å². The Kier molecular flexibility index (Phi) is 5.04. The predicted molar refractivity (Wildman–Crippen MR) is 105 cm³/mol. The zero-order chi connectivity index (χ0) is 18.5. The highest BCUT2D eigenvalue weighted by Gasteiger charge is 2.20. The van der Waals surface area contributed by atoms with E-state index in [0.717, 1.165) is 37.9 Å². The Morgan fingerprint density at radius 1 is 0.926 bits per heavy atom. The van der Waals surface area contributed by atoms with Crippen LogP contribution in [0.1, 0.15) is 18.5 Å². The standard InChI is InChI=1S/C19H22N8/c1-15(16-6-3-2-4-7-16)23-18-24-17(14-22-25-18)26-10-12-27(13-11-26)19-20-8-5-9-21-19/h2-9,14-15H,10-13H2,1H3,(H,23,24,25). The molecule has 1 N–H and O–H groups in total. The second-order valence-corrected chi connectivity index (χ2v) is 6.44. The number of nitrogens with zero attached hydrogens (tertiary/aromatic N) is 7. The maximum atomic E-state index is 4.65. The van der Waals surface area contributed by atoms with Crippen molar-refractivity contribution in [1.82, 2.24) is 25.1 Å². The highest BCUT2D eigenvalue weighted by atomic mass is 15.4. The third-order valence-corrected chi connectivity index (χ3v) is 4.63. The van der Waals surface area contributed by atoms with Crippen LogP contribution in [0.3, 0.4) is 0 Å². The molecule has 1 unspecified atom stereocenters. The van der Waals surface area contributed by atoms with E-state index in [1.165, 1.54) is 5.56 Å². The van der Waals surface area contributed by atoms with Crippen LogP contribution >= 0.6 is 0 Å². The fraction of sp³-hybridized carbons (Fsp3) is 0.316. The number of aromatic nitrogens is 5. The summed E-state index contributed by atoms with van der Waals surface area (Å²) in [4.78, 5) is 17.7. The molecule has 2 aromatic heterocycles. The molecule has 0 spiro atoms. The van der Waals surface area contributed by atoms with E-state index >= 15 is 0 Å². The average Bonchev–Trinajstić information content (AvgIpc) is 2.75. The molecule has 1 aromatic carbocycles. The van der Waals surface area contributed by atoms with E-state index in [4.69, 9.17) is 0 Å². The van der Waals surface area contributed by atoms with Crippen molar-refractivity contribution in [3.05, 3.63) is 60.6 Å². The molecule has 0 radical (unpaired) electrons. The fourth-order valence-electron chi connectivity index (χ4n) is 3.12. The van der Waals surface area contributed by atoms with E-state index < -0.39 is 0 Å². The quantitative estimate of drug-likeness (QED) is 0.739. The lowest BCUT2D eigenvalue weighted by Gasteiger charge is -2.35. The van der Waals surface area contributed by atoms with Crippen molar-refractivity contribution < 1.29 is 0 Å². The average molecular weight is 362 g/mol. The summed E-state index contributed by atoms with van der Waals surface area (Å²) in [5.41, 5.74) is 1.18. The monoisotopic (exact) mass is 362 g/mol. The zero-order valence-electron chi connectivity index (χ0n) is 15.2. The van der Waals surface area contributed by atoms with E-state index in [2.05, 4.69) is 59.3 Å². The van der Waals surface area contributed by atoms with Crippen LogP contribution in [-0.4, -0.2) is 51.3 Å². The van der Waals surface area contributed by atoms with Gasteiger partial charge in [-0.1, -0.05) is 30.3 Å². The first kappa shape index (κ1) is 17.1. The van der Waals surface area contributed by atoms with Crippen LogP contribution in [0.15, 0.2) is 55.0 Å². The lowest BCUT2D eigenvalue weighted by atomic mass is 10.1. The molecule has 1 atom stereocenters. The molecular weight excluding hydrogens is 340 g/mol. The molecule has 0 bridgehead atoms. The lowest BCUT2D eigenvalue weighted by molar-refractivity contribution is 0.631. The molecule has 0 aliphatic carbocycles. The molecule has 1 fully saturated rings. The maximum absolute atomic E-state index is 4.65. The molecule has 138 valence electrons. The topological polar surface area (TPSA) is 83.0 Å². The minimum absolute atomic E-state index is 0.107. The van der Waals surface area contributed by atoms with E-state index in [-0.39, 0.29) is 6.04 Å². The number of anilines is 3. The van der Waals surface area contributed by atoms with Gasteiger partial charge in [-0.25, -0.2) is 9.97 Å². The number of hydrogen-bond donors (Lipinski definition) is 1. The van der Waals surface area contributed by atoms with Gasteiger partial charge in [-0.15, -0.1) is 5.10 Å². The van der Waals surface area contributed by atoms with Crippen LogP contribution in [0.4, 0.5) is 17.7 Å². The Hall–Kier alpha value is -3.29. The maximum Gasteiger partial charge on any atom is 0.245 e. The Labute approximate surface area is 158 Å². The van der Waals surface area contributed by atoms with Crippen LogP contribution in [0.2, 0.25) is 0 Å². The highest BCUT2D eigenvalue weighted by molar-refractivity contribution is 5.44. The third kappa shape index (κ3) is 4.11. The van der Waals surface area contributed by atoms with Crippen molar-refractivity contribution in [3.63, 3.8) is 0 Å². The normalized spacial score (nSPS) is 15.4. The second-order valence-electron chi connectivity index (χ2n) is 6.44. The summed E-state index contributed by atoms with van der Waals surface area (Å²) in [5, 5.41) is 11.6. The second kappa shape index (κ2) is 7.94. The van der Waals surface area contributed by atoms with Crippen LogP contribution in [0, 0.1) is 0 Å². The molecule has 1 aliphatic rings. The Balaban J connectivity index is 1.40. The van der Waals surface area contributed by atoms with Gasteiger partial charge < -0.3 is 15.1 Å². The summed E-state index contributed by atoms with van der Waals surface area (Å²) < 4.78 is 0. The number of nitrogens with one attached hydrogen (secondary N) is 1. The Morgan fingerprint density at radius 2 is 1.63 bits per heavy atom. The summed E-state index contributed by atoms with van der Waals surface area (Å²) in [6, 6.07) is 12.2. The van der Waals surface area contributed by atoms with E-state index in [1.807, 2.05) is 24.3 Å². The van der Waals surface area contributed by atoms with Gasteiger partial charge in [-0.3, -0.25) is 0 Å². The first-order valence-corrected chi connectivity index (χ1v) is 9.08. The minimum Gasteiger partial charge on any atom is -0.352 e. The van der Waals surface area contributed by atoms with Crippen molar-refractivity contribution in [2.24, 2.45) is 0 Å². The summed E-state index contributed by atoms with van der Waals surface area (Å²) in [6.07, 6.45) is 5.26. The van der Waals surface area contributed by atoms with Crippen molar-refractivity contribution in [1.29, 1.82) is 0 Å². The van der Waals surface area contributed by atoms with Gasteiger partial charge in [-0.05, 0) is 18.6 Å². The molecule has 1 aliphatic heterocycles. The number of benzene rings is 1. The van der Waals surface area contributed by atoms with Gasteiger partial charge in [0.05, 0.1) is 12.2 Å². The molecule has 27 heavy (non-hydrogen) atoms. The van der Waals surface area contributed by atoms with Crippen LogP contribution < -0.4 is 15.1 Å². The molecule has 3 aromatic rings. The smallest absolute Gasteiger partial charge is 0.245 e. The Morgan fingerprint density at radius 3 is 2.37 bits per heavy atom. The number of hydrogen-bond acceptors (Lipinski definition) is 8. The first-order valence-electron chi connectivity index (χ1n) is 9.08. The highest BCUT2D eigenvalue weighted by Crippen LogP contribution is 2.19. The van der Waals surface area contributed by atoms with Crippen LogP contribution in [0.25, 0.3) is 0 Å². The molecule has 8 heteroatoms. The molecule has 1 saturated heterocycles. The Bertz CT molecular complexity index is 850. The summed E-state index contributed by atoms with van der Waals surface area (Å²) in [6.45, 7) is 5.45. The van der Waals surface area contributed by atoms with Gasteiger partial charge in [0.1, 0.15) is 0 Å². The SMILES string of the molecule is CC(Nc1nncc(N2CCN(c3ncccn3)CC2)n1)c1ccccc1. The molecular formula is C19H22N8. The molecule has 0 amide bonds. The van der Waals surface area contributed by atoms with Crippen LogP contribution in [0.5, 0.6) is 0 Å². The van der Waals surface area contributed by atoms with E-state index in [0.29, 0.717) is 5.95 Å². The van der Waals surface area contributed by atoms with E-state index in [9.17, 15) is 0 Å². The first-order chi connectivity index (χ1) is 13.3. The van der Waals surface area contributed by atoms with Crippen molar-refractivity contribution in [3.8, 4) is 0 Å². The summed E-state index contributed by atoms with van der Waals surface area (Å²) >= 11 is 0. The lowest BCUT2D eigenvalue weighted by Crippen LogP contribution is -2.47. The van der Waals surface area contributed by atoms with Gasteiger partial charge in [0.15, 0.2) is 5.82 Å². The minimum atomic E-state index is 0.107. The summed E-state index contributed by atoms with van der Waals surface area (Å²) in [5.74, 6) is 2.15. The third-order valence-electron chi connectivity index (χ3n) is 4.63. The van der Waals surface area contributed by atoms with Gasteiger partial charge in [-0.2, -0.15) is 10.1 Å². The van der Waals surface area contributed by atoms with Gasteiger partial charge >= 0.3 is 0 Å². The molecule has 0 saturated carbocycles. The zero-order valence-corrected chi connectivity index (χ0v) is 15.2. The predicted octanol–water partition coefficient (Wildman–Crippen LogP) is 2.16. The van der Waals surface area contributed by atoms with Crippen molar-refractivity contribution in [2.45, 2.75) is 13.0 Å². The molecule has 3 heterocycles. The van der Waals surface area contributed by atoms with Gasteiger partial charge in [0, 0.05) is 38.6 Å². The molecule has 8 nitrogen and oxygen atoms in total. The van der Waals surface area contributed by atoms with Crippen LogP contribution in [-0.2, 0) is 0 Å². The molecule has 4 rings (SSSR count). The summed E-state index contributed by atoms with van der Waals surface area (Å²) in [7, 11) is 0. The van der Waals surface area contributed by atoms with E-state index in [1.54, 1.807) is 18.6 Å². The fourth-order valence-corrected chi connectivity index (χ4v) is 3.12. The largest absolute Gasteiger partial charge is 0.352 e. The number of piperazine rings is 1. The van der Waals surface area contributed by atoms with Crippen molar-refractivity contribution >= 4 is 17.7 Å². The number of rotatable bonds is 5.